The maximum Gasteiger partial charge on any atom is 0.245 e. The van der Waals surface area contributed by atoms with Crippen molar-refractivity contribution < 1.29 is 14.3 Å². The quantitative estimate of drug-likeness (QED) is 0.491. The molecule has 0 radical (unpaired) electrons. The molecule has 0 aromatic carbocycles. The van der Waals surface area contributed by atoms with Gasteiger partial charge in [-0.05, 0) is 13.5 Å². The highest BCUT2D eigenvalue weighted by atomic mass is 16.5. The lowest BCUT2D eigenvalue weighted by Gasteiger charge is -2.05. The number of methoxy groups -OCH3 is 1. The average Bonchev–Trinajstić information content (AvgIpc) is 2.19. The molecule has 0 aliphatic heterocycles. The van der Waals surface area contributed by atoms with E-state index >= 15 is 0 Å². The summed E-state index contributed by atoms with van der Waals surface area (Å²) < 4.78 is 9.93. The fourth-order valence-electron chi connectivity index (χ4n) is 0.834. The molecule has 0 aromatic heterocycles. The second-order valence-corrected chi connectivity index (χ2v) is 2.85. The van der Waals surface area contributed by atoms with E-state index in [-0.39, 0.29) is 12.5 Å². The van der Waals surface area contributed by atoms with Gasteiger partial charge in [-0.15, -0.1) is 0 Å². The number of likely N-dealkylation sites (N-methyl/N-ethyl adjacent to an activating group) is 1. The Morgan fingerprint density at radius 1 is 1.29 bits per heavy atom. The van der Waals surface area contributed by atoms with Crippen LogP contribution in [0.5, 0.6) is 0 Å². The van der Waals surface area contributed by atoms with Gasteiger partial charge in [-0.25, -0.2) is 0 Å². The molecular weight excluding hydrogens is 184 g/mol. The number of carbonyl (C=O) groups is 1. The molecule has 0 aliphatic carbocycles. The third-order valence-electron chi connectivity index (χ3n) is 1.58. The molecule has 0 saturated carbocycles. The summed E-state index contributed by atoms with van der Waals surface area (Å²) in [5, 5.41) is 5.66. The van der Waals surface area contributed by atoms with Crippen molar-refractivity contribution in [3.05, 3.63) is 0 Å². The molecule has 0 heterocycles. The van der Waals surface area contributed by atoms with Gasteiger partial charge >= 0.3 is 0 Å². The molecule has 0 rings (SSSR count). The summed E-state index contributed by atoms with van der Waals surface area (Å²) in [6.07, 6.45) is 0.832. The highest BCUT2D eigenvalue weighted by molar-refractivity contribution is 5.77. The van der Waals surface area contributed by atoms with E-state index < -0.39 is 0 Å². The van der Waals surface area contributed by atoms with Crippen molar-refractivity contribution in [3.8, 4) is 0 Å². The summed E-state index contributed by atoms with van der Waals surface area (Å²) in [6.45, 7) is 2.76. The Kier molecular flexibility index (Phi) is 9.95. The Hall–Kier alpha value is -0.650. The number of amides is 1. The number of hydrogen-bond donors (Lipinski definition) is 2. The Morgan fingerprint density at radius 3 is 2.71 bits per heavy atom. The van der Waals surface area contributed by atoms with E-state index in [9.17, 15) is 4.79 Å². The van der Waals surface area contributed by atoms with Gasteiger partial charge in [-0.2, -0.15) is 0 Å². The van der Waals surface area contributed by atoms with Gasteiger partial charge in [-0.3, -0.25) is 4.79 Å². The number of hydrogen-bond acceptors (Lipinski definition) is 4. The lowest BCUT2D eigenvalue weighted by molar-refractivity contribution is -0.125. The normalized spacial score (nSPS) is 10.1. The van der Waals surface area contributed by atoms with E-state index in [1.54, 1.807) is 7.11 Å². The zero-order valence-electron chi connectivity index (χ0n) is 8.97. The molecule has 0 aromatic rings. The third kappa shape index (κ3) is 9.44. The summed E-state index contributed by atoms with van der Waals surface area (Å²) in [5.41, 5.74) is 0. The summed E-state index contributed by atoms with van der Waals surface area (Å²) in [5.74, 6) is -0.0720. The molecule has 5 nitrogen and oxygen atoms in total. The first kappa shape index (κ1) is 13.4. The first-order valence-electron chi connectivity index (χ1n) is 4.79. The van der Waals surface area contributed by atoms with Crippen molar-refractivity contribution in [1.82, 2.24) is 10.6 Å². The van der Waals surface area contributed by atoms with Crippen LogP contribution >= 0.6 is 0 Å². The standard InChI is InChI=1S/C9H20N2O3/c1-10-5-7-14-8-9(12)11-4-3-6-13-2/h10H,3-8H2,1-2H3,(H,11,12). The smallest absolute Gasteiger partial charge is 0.245 e. The molecule has 0 spiro atoms. The third-order valence-corrected chi connectivity index (χ3v) is 1.58. The minimum Gasteiger partial charge on any atom is -0.385 e. The van der Waals surface area contributed by atoms with Gasteiger partial charge in [0.1, 0.15) is 6.61 Å². The Morgan fingerprint density at radius 2 is 2.07 bits per heavy atom. The first-order valence-corrected chi connectivity index (χ1v) is 4.79. The molecule has 84 valence electrons. The van der Waals surface area contributed by atoms with E-state index in [4.69, 9.17) is 9.47 Å². The molecule has 0 fully saturated rings. The number of rotatable bonds is 9. The molecular formula is C9H20N2O3. The van der Waals surface area contributed by atoms with Crippen molar-refractivity contribution in [3.63, 3.8) is 0 Å². The van der Waals surface area contributed by atoms with Gasteiger partial charge in [0.25, 0.3) is 0 Å². The summed E-state index contributed by atoms with van der Waals surface area (Å²) in [4.78, 5) is 11.1. The maximum absolute atomic E-state index is 11.1. The van der Waals surface area contributed by atoms with E-state index in [1.165, 1.54) is 0 Å². The molecule has 0 bridgehead atoms. The van der Waals surface area contributed by atoms with Crippen molar-refractivity contribution in [2.75, 3.05) is 47.1 Å². The van der Waals surface area contributed by atoms with E-state index in [0.29, 0.717) is 19.8 Å². The monoisotopic (exact) mass is 204 g/mol. The van der Waals surface area contributed by atoms with Crippen LogP contribution < -0.4 is 10.6 Å². The van der Waals surface area contributed by atoms with Crippen LogP contribution in [-0.4, -0.2) is 53.0 Å². The van der Waals surface area contributed by atoms with Crippen LogP contribution in [0.2, 0.25) is 0 Å². The summed E-state index contributed by atoms with van der Waals surface area (Å²) in [7, 11) is 3.48. The van der Waals surface area contributed by atoms with E-state index in [2.05, 4.69) is 10.6 Å². The van der Waals surface area contributed by atoms with Crippen LogP contribution in [0, 0.1) is 0 Å². The minimum atomic E-state index is -0.0720. The number of ether oxygens (including phenoxy) is 2. The fraction of sp³-hybridized carbons (Fsp3) is 0.889. The van der Waals surface area contributed by atoms with Crippen molar-refractivity contribution >= 4 is 5.91 Å². The molecule has 2 N–H and O–H groups in total. The molecule has 0 unspecified atom stereocenters. The minimum absolute atomic E-state index is 0.0720. The molecule has 1 amide bonds. The molecule has 0 atom stereocenters. The van der Waals surface area contributed by atoms with Crippen LogP contribution in [0.15, 0.2) is 0 Å². The lowest BCUT2D eigenvalue weighted by atomic mass is 10.4. The zero-order valence-corrected chi connectivity index (χ0v) is 8.97. The molecule has 0 aliphatic rings. The SMILES string of the molecule is CNCCOCC(=O)NCCCOC. The number of carbonyl (C=O) groups excluding carboxylic acids is 1. The summed E-state index contributed by atoms with van der Waals surface area (Å²) >= 11 is 0. The Bertz CT molecular complexity index is 128. The highest BCUT2D eigenvalue weighted by Gasteiger charge is 1.99. The topological polar surface area (TPSA) is 59.6 Å². The largest absolute Gasteiger partial charge is 0.385 e. The highest BCUT2D eigenvalue weighted by Crippen LogP contribution is 1.79. The predicted octanol–water partition coefficient (Wildman–Crippen LogP) is -0.625. The van der Waals surface area contributed by atoms with Crippen LogP contribution in [0.25, 0.3) is 0 Å². The fourth-order valence-corrected chi connectivity index (χ4v) is 0.834. The lowest BCUT2D eigenvalue weighted by Crippen LogP contribution is -2.30. The van der Waals surface area contributed by atoms with Crippen LogP contribution in [-0.2, 0) is 14.3 Å². The van der Waals surface area contributed by atoms with Gasteiger partial charge in [0.05, 0.1) is 6.61 Å². The predicted molar refractivity (Wildman–Crippen MR) is 54.2 cm³/mol. The van der Waals surface area contributed by atoms with Crippen LogP contribution in [0.3, 0.4) is 0 Å². The van der Waals surface area contributed by atoms with Crippen molar-refractivity contribution in [2.45, 2.75) is 6.42 Å². The summed E-state index contributed by atoms with van der Waals surface area (Å²) in [6, 6.07) is 0. The van der Waals surface area contributed by atoms with Gasteiger partial charge in [0.15, 0.2) is 0 Å². The zero-order chi connectivity index (χ0) is 10.6. The second kappa shape index (κ2) is 10.4. The molecule has 0 saturated heterocycles. The van der Waals surface area contributed by atoms with Gasteiger partial charge in [-0.1, -0.05) is 0 Å². The van der Waals surface area contributed by atoms with Gasteiger partial charge in [0, 0.05) is 26.8 Å². The molecule has 5 heteroatoms. The van der Waals surface area contributed by atoms with Crippen molar-refractivity contribution in [1.29, 1.82) is 0 Å². The van der Waals surface area contributed by atoms with Gasteiger partial charge in [0.2, 0.25) is 5.91 Å². The second-order valence-electron chi connectivity index (χ2n) is 2.85. The maximum atomic E-state index is 11.1. The van der Waals surface area contributed by atoms with Crippen LogP contribution in [0.4, 0.5) is 0 Å². The van der Waals surface area contributed by atoms with Crippen LogP contribution in [0.1, 0.15) is 6.42 Å². The van der Waals surface area contributed by atoms with Crippen molar-refractivity contribution in [2.24, 2.45) is 0 Å². The number of nitrogens with one attached hydrogen (secondary N) is 2. The first-order chi connectivity index (χ1) is 6.81. The van der Waals surface area contributed by atoms with E-state index in [1.807, 2.05) is 7.05 Å². The molecule has 14 heavy (non-hydrogen) atoms. The van der Waals surface area contributed by atoms with Gasteiger partial charge < -0.3 is 20.1 Å². The van der Waals surface area contributed by atoms with E-state index in [0.717, 1.165) is 13.0 Å². The average molecular weight is 204 g/mol. The Labute approximate surface area is 85.1 Å². The Balaban J connectivity index is 3.11.